The van der Waals surface area contributed by atoms with Crippen molar-refractivity contribution in [1.82, 2.24) is 10.2 Å². The van der Waals surface area contributed by atoms with Crippen LogP contribution in [0.3, 0.4) is 0 Å². The van der Waals surface area contributed by atoms with E-state index in [4.69, 9.17) is 4.42 Å². The first kappa shape index (κ1) is 9.40. The van der Waals surface area contributed by atoms with Crippen molar-refractivity contribution in [2.45, 2.75) is 13.8 Å². The molecule has 1 heterocycles. The Morgan fingerprint density at radius 1 is 1.14 bits per heavy atom. The van der Waals surface area contributed by atoms with Gasteiger partial charge in [-0.1, -0.05) is 18.2 Å². The van der Waals surface area contributed by atoms with E-state index in [1.165, 1.54) is 0 Å². The third kappa shape index (κ3) is 1.57. The highest BCUT2D eigenvalue weighted by molar-refractivity contribution is 9.10. The van der Waals surface area contributed by atoms with Gasteiger partial charge in [0.25, 0.3) is 4.80 Å². The summed E-state index contributed by atoms with van der Waals surface area (Å²) in [6, 6.07) is 6.07. The molecular formula is C10H9BrN2O. The van der Waals surface area contributed by atoms with Crippen molar-refractivity contribution in [1.29, 1.82) is 0 Å². The van der Waals surface area contributed by atoms with E-state index in [1.54, 1.807) is 0 Å². The average Bonchev–Trinajstić information content (AvgIpc) is 2.51. The van der Waals surface area contributed by atoms with Crippen molar-refractivity contribution in [2.75, 3.05) is 0 Å². The van der Waals surface area contributed by atoms with Crippen molar-refractivity contribution in [3.8, 4) is 11.5 Å². The Balaban J connectivity index is 2.61. The first-order chi connectivity index (χ1) is 6.68. The topological polar surface area (TPSA) is 38.9 Å². The van der Waals surface area contributed by atoms with Crippen LogP contribution < -0.4 is 0 Å². The van der Waals surface area contributed by atoms with Crippen LogP contribution in [-0.4, -0.2) is 10.2 Å². The number of halogens is 1. The van der Waals surface area contributed by atoms with Crippen molar-refractivity contribution in [3.05, 3.63) is 34.1 Å². The van der Waals surface area contributed by atoms with Gasteiger partial charge in [-0.3, -0.25) is 0 Å². The summed E-state index contributed by atoms with van der Waals surface area (Å²) >= 11 is 3.14. The molecule has 0 amide bonds. The highest BCUT2D eigenvalue weighted by Gasteiger charge is 2.11. The molecule has 14 heavy (non-hydrogen) atoms. The van der Waals surface area contributed by atoms with Crippen LogP contribution in [0, 0.1) is 13.8 Å². The molecule has 4 heteroatoms. The van der Waals surface area contributed by atoms with Crippen LogP contribution >= 0.6 is 15.9 Å². The van der Waals surface area contributed by atoms with Gasteiger partial charge in [0.15, 0.2) is 0 Å². The molecule has 0 bridgehead atoms. The average molecular weight is 253 g/mol. The Morgan fingerprint density at radius 2 is 1.79 bits per heavy atom. The molecule has 0 N–H and O–H groups in total. The number of hydrogen-bond acceptors (Lipinski definition) is 3. The quantitative estimate of drug-likeness (QED) is 0.783. The Hall–Kier alpha value is -1.16. The summed E-state index contributed by atoms with van der Waals surface area (Å²) in [5.41, 5.74) is 3.30. The summed E-state index contributed by atoms with van der Waals surface area (Å²) in [6.45, 7) is 4.06. The number of benzene rings is 1. The van der Waals surface area contributed by atoms with Gasteiger partial charge in [-0.05, 0) is 25.0 Å². The molecular weight excluding hydrogens is 244 g/mol. The second kappa shape index (κ2) is 3.53. The first-order valence-corrected chi connectivity index (χ1v) is 5.03. The smallest absolute Gasteiger partial charge is 0.285 e. The summed E-state index contributed by atoms with van der Waals surface area (Å²) in [6.07, 6.45) is 0. The Morgan fingerprint density at radius 3 is 2.29 bits per heavy atom. The minimum absolute atomic E-state index is 0.412. The lowest BCUT2D eigenvalue weighted by Gasteiger charge is -2.03. The third-order valence-electron chi connectivity index (χ3n) is 2.10. The van der Waals surface area contributed by atoms with Crippen LogP contribution in [-0.2, 0) is 0 Å². The third-order valence-corrected chi connectivity index (χ3v) is 2.42. The number of aryl methyl sites for hydroxylation is 2. The molecule has 0 spiro atoms. The lowest BCUT2D eigenvalue weighted by molar-refractivity contribution is 0.539. The SMILES string of the molecule is Cc1cccc(C)c1-c1nnc(Br)o1. The zero-order chi connectivity index (χ0) is 10.1. The van der Waals surface area contributed by atoms with Crippen LogP contribution in [0.25, 0.3) is 11.5 Å². The summed E-state index contributed by atoms with van der Waals surface area (Å²) in [5.74, 6) is 0.562. The molecule has 1 aromatic heterocycles. The number of hydrogen-bond donors (Lipinski definition) is 0. The van der Waals surface area contributed by atoms with E-state index in [-0.39, 0.29) is 0 Å². The second-order valence-electron chi connectivity index (χ2n) is 3.13. The lowest BCUT2D eigenvalue weighted by Crippen LogP contribution is -1.87. The number of rotatable bonds is 1. The minimum Gasteiger partial charge on any atom is -0.411 e. The molecule has 0 saturated carbocycles. The van der Waals surface area contributed by atoms with Crippen LogP contribution in [0.4, 0.5) is 0 Å². The molecule has 0 aliphatic carbocycles. The normalized spacial score (nSPS) is 10.5. The molecule has 0 fully saturated rings. The summed E-state index contributed by atoms with van der Waals surface area (Å²) in [7, 11) is 0. The fourth-order valence-electron chi connectivity index (χ4n) is 1.46. The van der Waals surface area contributed by atoms with E-state index in [0.717, 1.165) is 16.7 Å². The van der Waals surface area contributed by atoms with Crippen molar-refractivity contribution < 1.29 is 4.42 Å². The van der Waals surface area contributed by atoms with Gasteiger partial charge < -0.3 is 4.42 Å². The van der Waals surface area contributed by atoms with Crippen molar-refractivity contribution >= 4 is 15.9 Å². The summed E-state index contributed by atoms with van der Waals surface area (Å²) in [4.78, 5) is 0.412. The predicted molar refractivity (Wildman–Crippen MR) is 56.9 cm³/mol. The maximum Gasteiger partial charge on any atom is 0.285 e. The van der Waals surface area contributed by atoms with Crippen molar-refractivity contribution in [3.63, 3.8) is 0 Å². The molecule has 0 aliphatic heterocycles. The molecule has 2 aromatic rings. The number of nitrogens with zero attached hydrogens (tertiary/aromatic N) is 2. The van der Waals surface area contributed by atoms with Gasteiger partial charge in [-0.25, -0.2) is 0 Å². The monoisotopic (exact) mass is 252 g/mol. The first-order valence-electron chi connectivity index (χ1n) is 4.24. The molecule has 0 atom stereocenters. The van der Waals surface area contributed by atoms with Gasteiger partial charge in [-0.15, -0.1) is 10.2 Å². The molecule has 0 radical (unpaired) electrons. The highest BCUT2D eigenvalue weighted by atomic mass is 79.9. The van der Waals surface area contributed by atoms with Gasteiger partial charge in [0, 0.05) is 21.5 Å². The predicted octanol–water partition coefficient (Wildman–Crippen LogP) is 3.12. The molecule has 3 nitrogen and oxygen atoms in total. The standard InChI is InChI=1S/C10H9BrN2O/c1-6-4-3-5-7(2)8(6)9-12-13-10(11)14-9/h3-5H,1-2H3. The molecule has 0 aliphatic rings. The Kier molecular flexibility index (Phi) is 2.37. The van der Waals surface area contributed by atoms with Gasteiger partial charge in [0.05, 0.1) is 0 Å². The van der Waals surface area contributed by atoms with Crippen LogP contribution in [0.2, 0.25) is 0 Å². The van der Waals surface area contributed by atoms with Gasteiger partial charge >= 0.3 is 0 Å². The van der Waals surface area contributed by atoms with Gasteiger partial charge in [0.2, 0.25) is 5.89 Å². The second-order valence-corrected chi connectivity index (χ2v) is 3.81. The fourth-order valence-corrected chi connectivity index (χ4v) is 1.69. The molecule has 2 rings (SSSR count). The van der Waals surface area contributed by atoms with E-state index in [0.29, 0.717) is 10.7 Å². The van der Waals surface area contributed by atoms with Gasteiger partial charge in [0.1, 0.15) is 0 Å². The van der Waals surface area contributed by atoms with Crippen LogP contribution in [0.15, 0.2) is 27.4 Å². The highest BCUT2D eigenvalue weighted by Crippen LogP contribution is 2.26. The van der Waals surface area contributed by atoms with Crippen LogP contribution in [0.5, 0.6) is 0 Å². The fraction of sp³-hybridized carbons (Fsp3) is 0.200. The zero-order valence-corrected chi connectivity index (χ0v) is 9.50. The van der Waals surface area contributed by atoms with Crippen LogP contribution in [0.1, 0.15) is 11.1 Å². The molecule has 0 saturated heterocycles. The zero-order valence-electron chi connectivity index (χ0n) is 7.91. The van der Waals surface area contributed by atoms with E-state index < -0.39 is 0 Å². The van der Waals surface area contributed by atoms with E-state index in [9.17, 15) is 0 Å². The number of aromatic nitrogens is 2. The molecule has 0 unspecified atom stereocenters. The summed E-state index contributed by atoms with van der Waals surface area (Å²) < 4.78 is 5.33. The maximum absolute atomic E-state index is 5.33. The minimum atomic E-state index is 0.412. The molecule has 1 aromatic carbocycles. The largest absolute Gasteiger partial charge is 0.411 e. The van der Waals surface area contributed by atoms with E-state index in [2.05, 4.69) is 26.1 Å². The maximum atomic E-state index is 5.33. The van der Waals surface area contributed by atoms with Crippen molar-refractivity contribution in [2.24, 2.45) is 0 Å². The Labute approximate surface area is 90.3 Å². The lowest BCUT2D eigenvalue weighted by atomic mass is 10.0. The van der Waals surface area contributed by atoms with E-state index >= 15 is 0 Å². The molecule has 72 valence electrons. The van der Waals surface area contributed by atoms with E-state index in [1.807, 2.05) is 32.0 Å². The summed E-state index contributed by atoms with van der Waals surface area (Å²) in [5, 5.41) is 7.72. The Bertz CT molecular complexity index is 445. The van der Waals surface area contributed by atoms with Gasteiger partial charge in [-0.2, -0.15) is 0 Å².